The van der Waals surface area contributed by atoms with E-state index in [-0.39, 0.29) is 0 Å². The van der Waals surface area contributed by atoms with E-state index in [1.807, 2.05) is 0 Å². The number of anilines is 1. The first-order valence-corrected chi connectivity index (χ1v) is 5.90. The van der Waals surface area contributed by atoms with Crippen LogP contribution >= 0.6 is 0 Å². The monoisotopic (exact) mass is 205 g/mol. The molecule has 0 aliphatic carbocycles. The van der Waals surface area contributed by atoms with E-state index in [4.69, 9.17) is 0 Å². The predicted molar refractivity (Wildman–Crippen MR) is 63.2 cm³/mol. The lowest BCUT2D eigenvalue weighted by Gasteiger charge is -2.23. The van der Waals surface area contributed by atoms with Gasteiger partial charge in [0.25, 0.3) is 0 Å². The number of fused-ring (bicyclic) bond motifs is 1. The van der Waals surface area contributed by atoms with Crippen LogP contribution in [0.5, 0.6) is 0 Å². The van der Waals surface area contributed by atoms with E-state index in [9.17, 15) is 0 Å². The van der Waals surface area contributed by atoms with E-state index in [2.05, 4.69) is 55.6 Å². The van der Waals surface area contributed by atoms with Crippen molar-refractivity contribution < 1.29 is 4.57 Å². The largest absolute Gasteiger partial charge is 0.368 e. The smallest absolute Gasteiger partial charge is 0.174 e. The van der Waals surface area contributed by atoms with Gasteiger partial charge in [0.2, 0.25) is 0 Å². The summed E-state index contributed by atoms with van der Waals surface area (Å²) < 4.78 is 2.29. The number of pyridine rings is 1. The van der Waals surface area contributed by atoms with Crippen LogP contribution in [0.2, 0.25) is 0 Å². The van der Waals surface area contributed by atoms with E-state index >= 15 is 0 Å². The zero-order valence-corrected chi connectivity index (χ0v) is 10.2. The summed E-state index contributed by atoms with van der Waals surface area (Å²) in [5.74, 6) is 0. The third kappa shape index (κ3) is 1.85. The molecule has 0 aromatic carbocycles. The summed E-state index contributed by atoms with van der Waals surface area (Å²) >= 11 is 0. The Morgan fingerprint density at radius 3 is 2.60 bits per heavy atom. The van der Waals surface area contributed by atoms with E-state index in [1.54, 1.807) is 0 Å². The molecule has 0 atom stereocenters. The molecule has 1 aliphatic heterocycles. The standard InChI is InChI=1S/C13H21N2/c1-10(2)14-7-6-13-12(9-14)5-8-15(13)11(3)4/h6-7,9-11H,5,8H2,1-4H3/q+1. The quantitative estimate of drug-likeness (QED) is 0.672. The molecule has 2 heteroatoms. The number of nitrogens with zero attached hydrogens (tertiary/aromatic N) is 2. The van der Waals surface area contributed by atoms with Crippen LogP contribution in [0.1, 0.15) is 39.3 Å². The van der Waals surface area contributed by atoms with Crippen molar-refractivity contribution in [1.29, 1.82) is 0 Å². The maximum Gasteiger partial charge on any atom is 0.174 e. The van der Waals surface area contributed by atoms with E-state index in [0.717, 1.165) is 0 Å². The van der Waals surface area contributed by atoms with Crippen molar-refractivity contribution in [3.8, 4) is 0 Å². The van der Waals surface area contributed by atoms with Crippen LogP contribution in [0, 0.1) is 0 Å². The number of aromatic nitrogens is 1. The molecule has 2 nitrogen and oxygen atoms in total. The van der Waals surface area contributed by atoms with Crippen molar-refractivity contribution in [3.05, 3.63) is 24.0 Å². The summed E-state index contributed by atoms with van der Waals surface area (Å²) in [7, 11) is 0. The first-order valence-electron chi connectivity index (χ1n) is 5.90. The molecule has 0 spiro atoms. The average Bonchev–Trinajstić information content (AvgIpc) is 2.59. The van der Waals surface area contributed by atoms with Gasteiger partial charge >= 0.3 is 0 Å². The lowest BCUT2D eigenvalue weighted by Crippen LogP contribution is -2.36. The van der Waals surface area contributed by atoms with Gasteiger partial charge in [-0.25, -0.2) is 4.57 Å². The molecule has 1 aromatic rings. The third-order valence-electron chi connectivity index (χ3n) is 3.19. The summed E-state index contributed by atoms with van der Waals surface area (Å²) in [6.07, 6.45) is 5.70. The normalized spacial score (nSPS) is 15.2. The fraction of sp³-hybridized carbons (Fsp3) is 0.615. The van der Waals surface area contributed by atoms with Crippen molar-refractivity contribution in [3.63, 3.8) is 0 Å². The molecule has 0 N–H and O–H groups in total. The van der Waals surface area contributed by atoms with Gasteiger partial charge in [0.05, 0.1) is 5.69 Å². The van der Waals surface area contributed by atoms with Crippen molar-refractivity contribution in [2.45, 2.75) is 46.2 Å². The Hall–Kier alpha value is -1.05. The van der Waals surface area contributed by atoms with E-state index in [0.29, 0.717) is 12.1 Å². The second-order valence-corrected chi connectivity index (χ2v) is 4.93. The van der Waals surface area contributed by atoms with Gasteiger partial charge in [0.15, 0.2) is 18.4 Å². The number of hydrogen-bond donors (Lipinski definition) is 0. The molecule has 0 unspecified atom stereocenters. The van der Waals surface area contributed by atoms with Gasteiger partial charge < -0.3 is 4.90 Å². The molecule has 1 aromatic heterocycles. The summed E-state index contributed by atoms with van der Waals surface area (Å²) in [6, 6.07) is 3.44. The van der Waals surface area contributed by atoms with Gasteiger partial charge in [-0.05, 0) is 34.1 Å². The predicted octanol–water partition coefficient (Wildman–Crippen LogP) is 2.33. The lowest BCUT2D eigenvalue weighted by atomic mass is 10.2. The van der Waals surface area contributed by atoms with Crippen LogP contribution in [-0.2, 0) is 6.42 Å². The minimum absolute atomic E-state index is 0.559. The minimum Gasteiger partial charge on any atom is -0.368 e. The Balaban J connectivity index is 2.33. The van der Waals surface area contributed by atoms with Crippen LogP contribution < -0.4 is 9.47 Å². The second-order valence-electron chi connectivity index (χ2n) is 4.93. The van der Waals surface area contributed by atoms with Crippen LogP contribution in [0.4, 0.5) is 5.69 Å². The Morgan fingerprint density at radius 2 is 2.00 bits per heavy atom. The lowest BCUT2D eigenvalue weighted by molar-refractivity contribution is -0.716. The Morgan fingerprint density at radius 1 is 1.27 bits per heavy atom. The van der Waals surface area contributed by atoms with Gasteiger partial charge in [0, 0.05) is 24.2 Å². The van der Waals surface area contributed by atoms with Gasteiger partial charge in [-0.3, -0.25) is 0 Å². The summed E-state index contributed by atoms with van der Waals surface area (Å²) in [6.45, 7) is 10.1. The van der Waals surface area contributed by atoms with Crippen LogP contribution in [0.3, 0.4) is 0 Å². The molecule has 0 amide bonds. The molecule has 2 heterocycles. The maximum atomic E-state index is 2.49. The van der Waals surface area contributed by atoms with Crippen molar-refractivity contribution in [1.82, 2.24) is 0 Å². The van der Waals surface area contributed by atoms with Gasteiger partial charge in [-0.15, -0.1) is 0 Å². The van der Waals surface area contributed by atoms with Gasteiger partial charge in [0.1, 0.15) is 0 Å². The summed E-state index contributed by atoms with van der Waals surface area (Å²) in [4.78, 5) is 2.49. The Labute approximate surface area is 92.5 Å². The summed E-state index contributed by atoms with van der Waals surface area (Å²) in [5, 5.41) is 0. The zero-order chi connectivity index (χ0) is 11.0. The molecule has 82 valence electrons. The highest BCUT2D eigenvalue weighted by Crippen LogP contribution is 2.27. The average molecular weight is 205 g/mol. The Kier molecular flexibility index (Phi) is 2.68. The first kappa shape index (κ1) is 10.5. The van der Waals surface area contributed by atoms with Crippen molar-refractivity contribution >= 4 is 5.69 Å². The molecule has 0 bridgehead atoms. The second kappa shape index (κ2) is 3.84. The SMILES string of the molecule is CC(C)N1CCc2c[n+](C(C)C)ccc21. The summed E-state index contributed by atoms with van der Waals surface area (Å²) in [5.41, 5.74) is 2.93. The van der Waals surface area contributed by atoms with Crippen molar-refractivity contribution in [2.75, 3.05) is 11.4 Å². The highest BCUT2D eigenvalue weighted by Gasteiger charge is 2.24. The highest BCUT2D eigenvalue weighted by atomic mass is 15.2. The highest BCUT2D eigenvalue weighted by molar-refractivity contribution is 5.56. The fourth-order valence-corrected chi connectivity index (χ4v) is 2.24. The minimum atomic E-state index is 0.559. The molecular weight excluding hydrogens is 184 g/mol. The van der Waals surface area contributed by atoms with Gasteiger partial charge in [-0.2, -0.15) is 0 Å². The number of hydrogen-bond acceptors (Lipinski definition) is 1. The molecular formula is C13H21N2+. The number of rotatable bonds is 2. The van der Waals surface area contributed by atoms with Crippen LogP contribution in [0.15, 0.2) is 18.5 Å². The molecule has 2 rings (SSSR count). The topological polar surface area (TPSA) is 7.12 Å². The molecule has 0 radical (unpaired) electrons. The molecule has 1 aliphatic rings. The maximum absolute atomic E-state index is 2.49. The van der Waals surface area contributed by atoms with Gasteiger partial charge in [-0.1, -0.05) is 0 Å². The van der Waals surface area contributed by atoms with E-state index < -0.39 is 0 Å². The van der Waals surface area contributed by atoms with Crippen molar-refractivity contribution in [2.24, 2.45) is 0 Å². The fourth-order valence-electron chi connectivity index (χ4n) is 2.24. The molecule has 0 saturated carbocycles. The molecule has 0 saturated heterocycles. The third-order valence-corrected chi connectivity index (χ3v) is 3.19. The molecule has 15 heavy (non-hydrogen) atoms. The Bertz CT molecular complexity index is 356. The van der Waals surface area contributed by atoms with Crippen LogP contribution in [-0.4, -0.2) is 12.6 Å². The zero-order valence-electron chi connectivity index (χ0n) is 10.2. The molecule has 0 fully saturated rings. The van der Waals surface area contributed by atoms with Crippen LogP contribution in [0.25, 0.3) is 0 Å². The first-order chi connectivity index (χ1) is 7.09. The van der Waals surface area contributed by atoms with E-state index in [1.165, 1.54) is 24.2 Å².